The van der Waals surface area contributed by atoms with E-state index in [0.29, 0.717) is 0 Å². The number of rotatable bonds is 3. The summed E-state index contributed by atoms with van der Waals surface area (Å²) >= 11 is 0. The predicted molar refractivity (Wildman–Crippen MR) is 78.6 cm³/mol. The van der Waals surface area contributed by atoms with Gasteiger partial charge in [-0.25, -0.2) is 0 Å². The molecular weight excluding hydrogens is 230 g/mol. The zero-order chi connectivity index (χ0) is 12.7. The van der Waals surface area contributed by atoms with Crippen LogP contribution in [0.15, 0.2) is 42.5 Å². The van der Waals surface area contributed by atoms with Crippen LogP contribution in [0.5, 0.6) is 0 Å². The molecule has 0 heterocycles. The van der Waals surface area contributed by atoms with Crippen LogP contribution in [-0.2, 0) is 6.54 Å². The first-order valence-electron chi connectivity index (χ1n) is 7.87. The number of hydrogen-bond donors (Lipinski definition) is 1. The molecule has 2 bridgehead atoms. The highest BCUT2D eigenvalue weighted by Gasteiger charge is 2.48. The summed E-state index contributed by atoms with van der Waals surface area (Å²) in [6.07, 6.45) is 10.7. The van der Waals surface area contributed by atoms with Crippen molar-refractivity contribution in [3.63, 3.8) is 0 Å². The summed E-state index contributed by atoms with van der Waals surface area (Å²) in [4.78, 5) is 0. The van der Waals surface area contributed by atoms with Gasteiger partial charge in [-0.3, -0.25) is 0 Å². The van der Waals surface area contributed by atoms with E-state index in [4.69, 9.17) is 0 Å². The van der Waals surface area contributed by atoms with Crippen LogP contribution in [0.4, 0.5) is 0 Å². The van der Waals surface area contributed by atoms with E-state index in [9.17, 15) is 0 Å². The molecule has 1 nitrogen and oxygen atoms in total. The Morgan fingerprint density at radius 2 is 1.84 bits per heavy atom. The zero-order valence-corrected chi connectivity index (χ0v) is 11.5. The first kappa shape index (κ1) is 11.7. The molecule has 0 spiro atoms. The van der Waals surface area contributed by atoms with Crippen LogP contribution in [0.25, 0.3) is 0 Å². The first-order valence-corrected chi connectivity index (χ1v) is 7.87. The van der Waals surface area contributed by atoms with Crippen molar-refractivity contribution >= 4 is 0 Å². The van der Waals surface area contributed by atoms with Crippen LogP contribution in [0.3, 0.4) is 0 Å². The molecule has 0 saturated heterocycles. The van der Waals surface area contributed by atoms with Crippen molar-refractivity contribution < 1.29 is 0 Å². The Kier molecular flexibility index (Phi) is 2.96. The van der Waals surface area contributed by atoms with Crippen molar-refractivity contribution in [3.8, 4) is 0 Å². The van der Waals surface area contributed by atoms with Gasteiger partial charge < -0.3 is 5.32 Å². The van der Waals surface area contributed by atoms with Crippen molar-refractivity contribution in [1.82, 2.24) is 5.32 Å². The van der Waals surface area contributed by atoms with Gasteiger partial charge in [0.25, 0.3) is 0 Å². The average molecular weight is 253 g/mol. The lowest BCUT2D eigenvalue weighted by Gasteiger charge is -2.39. The van der Waals surface area contributed by atoms with E-state index in [-0.39, 0.29) is 0 Å². The fourth-order valence-electron chi connectivity index (χ4n) is 4.81. The Labute approximate surface area is 116 Å². The molecule has 4 rings (SSSR count). The molecule has 3 aliphatic rings. The highest BCUT2D eigenvalue weighted by atomic mass is 14.9. The number of allylic oxidation sites excluding steroid dienone is 2. The van der Waals surface area contributed by atoms with E-state index in [1.54, 1.807) is 0 Å². The molecule has 100 valence electrons. The van der Waals surface area contributed by atoms with Gasteiger partial charge in [-0.05, 0) is 48.5 Å². The summed E-state index contributed by atoms with van der Waals surface area (Å²) in [6, 6.07) is 11.6. The largest absolute Gasteiger partial charge is 0.310 e. The highest BCUT2D eigenvalue weighted by Crippen LogP contribution is 2.53. The van der Waals surface area contributed by atoms with Gasteiger partial charge in [-0.15, -0.1) is 0 Å². The van der Waals surface area contributed by atoms with Crippen molar-refractivity contribution in [2.45, 2.75) is 38.3 Å². The summed E-state index contributed by atoms with van der Waals surface area (Å²) < 4.78 is 0. The number of nitrogens with one attached hydrogen (secondary N) is 1. The lowest BCUT2D eigenvalue weighted by molar-refractivity contribution is 0.163. The quantitative estimate of drug-likeness (QED) is 0.809. The molecule has 1 N–H and O–H groups in total. The molecule has 0 aromatic heterocycles. The van der Waals surface area contributed by atoms with Crippen LogP contribution in [0.2, 0.25) is 0 Å². The van der Waals surface area contributed by atoms with E-state index in [2.05, 4.69) is 47.8 Å². The third-order valence-electron chi connectivity index (χ3n) is 5.62. The Morgan fingerprint density at radius 1 is 1.00 bits per heavy atom. The molecule has 3 aliphatic carbocycles. The predicted octanol–water partition coefficient (Wildman–Crippen LogP) is 3.77. The minimum absolute atomic E-state index is 0.749. The molecule has 0 aliphatic heterocycles. The third kappa shape index (κ3) is 2.04. The van der Waals surface area contributed by atoms with Gasteiger partial charge in [0.2, 0.25) is 0 Å². The van der Waals surface area contributed by atoms with Gasteiger partial charge in [-0.1, -0.05) is 48.9 Å². The summed E-state index contributed by atoms with van der Waals surface area (Å²) in [5, 5.41) is 3.86. The normalized spacial score (nSPS) is 39.5. The standard InChI is InChI=1S/C18H23N/c1-2-5-13(6-3-1)12-19-17-8-4-7-16-14-9-10-15(11-14)18(16)17/h1-3,5-6,9-10,14-19H,4,7-8,11-12H2/t14-,15+,16-,17-,18-/m0/s1. The molecule has 1 aromatic rings. The van der Waals surface area contributed by atoms with Gasteiger partial charge in [0.1, 0.15) is 0 Å². The van der Waals surface area contributed by atoms with Crippen LogP contribution in [0, 0.1) is 23.7 Å². The van der Waals surface area contributed by atoms with Crippen LogP contribution >= 0.6 is 0 Å². The number of benzene rings is 1. The van der Waals surface area contributed by atoms with Crippen molar-refractivity contribution in [3.05, 3.63) is 48.0 Å². The van der Waals surface area contributed by atoms with Gasteiger partial charge in [0, 0.05) is 12.6 Å². The number of hydrogen-bond acceptors (Lipinski definition) is 1. The van der Waals surface area contributed by atoms with E-state index in [1.165, 1.54) is 31.2 Å². The van der Waals surface area contributed by atoms with E-state index < -0.39 is 0 Å². The van der Waals surface area contributed by atoms with Crippen LogP contribution in [0.1, 0.15) is 31.2 Å². The minimum Gasteiger partial charge on any atom is -0.310 e. The maximum absolute atomic E-state index is 3.86. The monoisotopic (exact) mass is 253 g/mol. The molecule has 1 heteroatoms. The second kappa shape index (κ2) is 4.79. The topological polar surface area (TPSA) is 12.0 Å². The second-order valence-corrected chi connectivity index (χ2v) is 6.59. The summed E-state index contributed by atoms with van der Waals surface area (Å²) in [6.45, 7) is 1.04. The van der Waals surface area contributed by atoms with Crippen LogP contribution < -0.4 is 5.32 Å². The van der Waals surface area contributed by atoms with E-state index >= 15 is 0 Å². The molecule has 1 aromatic carbocycles. The Morgan fingerprint density at radius 3 is 2.74 bits per heavy atom. The van der Waals surface area contributed by atoms with Gasteiger partial charge in [0.15, 0.2) is 0 Å². The zero-order valence-electron chi connectivity index (χ0n) is 11.5. The second-order valence-electron chi connectivity index (χ2n) is 6.59. The Balaban J connectivity index is 1.45. The fraction of sp³-hybridized carbons (Fsp3) is 0.556. The summed E-state index contributed by atoms with van der Waals surface area (Å²) in [5.74, 6) is 3.70. The lowest BCUT2D eigenvalue weighted by Crippen LogP contribution is -2.44. The first-order chi connectivity index (χ1) is 9.42. The maximum Gasteiger partial charge on any atom is 0.0208 e. The Hall–Kier alpha value is -1.08. The third-order valence-corrected chi connectivity index (χ3v) is 5.62. The van der Waals surface area contributed by atoms with Crippen molar-refractivity contribution in [1.29, 1.82) is 0 Å². The molecule has 2 fully saturated rings. The van der Waals surface area contributed by atoms with Crippen molar-refractivity contribution in [2.75, 3.05) is 0 Å². The molecule has 0 unspecified atom stereocenters. The average Bonchev–Trinajstić information content (AvgIpc) is 3.08. The number of fused-ring (bicyclic) bond motifs is 5. The Bertz CT molecular complexity index is 464. The minimum atomic E-state index is 0.749. The molecule has 2 saturated carbocycles. The maximum atomic E-state index is 3.86. The van der Waals surface area contributed by atoms with Gasteiger partial charge in [-0.2, -0.15) is 0 Å². The van der Waals surface area contributed by atoms with Gasteiger partial charge >= 0.3 is 0 Å². The lowest BCUT2D eigenvalue weighted by atomic mass is 9.70. The molecular formula is C18H23N. The molecule has 19 heavy (non-hydrogen) atoms. The fourth-order valence-corrected chi connectivity index (χ4v) is 4.81. The van der Waals surface area contributed by atoms with Crippen molar-refractivity contribution in [2.24, 2.45) is 23.7 Å². The highest BCUT2D eigenvalue weighted by molar-refractivity contribution is 5.18. The van der Waals surface area contributed by atoms with Crippen LogP contribution in [-0.4, -0.2) is 6.04 Å². The summed E-state index contributed by atoms with van der Waals surface area (Å²) in [7, 11) is 0. The smallest absolute Gasteiger partial charge is 0.0208 e. The molecule has 0 amide bonds. The molecule has 5 atom stereocenters. The van der Waals surface area contributed by atoms with Gasteiger partial charge in [0.05, 0.1) is 0 Å². The summed E-state index contributed by atoms with van der Waals surface area (Å²) in [5.41, 5.74) is 1.42. The van der Waals surface area contributed by atoms with E-state index in [1.807, 2.05) is 0 Å². The van der Waals surface area contributed by atoms with E-state index in [0.717, 1.165) is 36.3 Å². The SMILES string of the molecule is C1=C[C@H]2C[C@@H]1[C@H]1[C@H]2CCC[C@@H]1NCc1ccccc1. The molecule has 0 radical (unpaired) electrons.